The molecule has 92 valence electrons. The third-order valence-corrected chi connectivity index (χ3v) is 2.35. The maximum atomic E-state index is 13.4. The monoisotopic (exact) mass is 239 g/mol. The quantitative estimate of drug-likeness (QED) is 0.841. The smallest absolute Gasteiger partial charge is 0.305 e. The summed E-state index contributed by atoms with van der Waals surface area (Å²) in [4.78, 5) is 21.6. The summed E-state index contributed by atoms with van der Waals surface area (Å²) in [6.07, 6.45) is -0.276. The number of hydrogen-bond acceptors (Lipinski definition) is 2. The lowest BCUT2D eigenvalue weighted by Crippen LogP contribution is -2.28. The molecule has 0 aliphatic carbocycles. The average Bonchev–Trinajstić information content (AvgIpc) is 2.19. The minimum atomic E-state index is -1.05. The standard InChI is InChI=1S/C12H14FNO3/c1-7-3-4-9(5-10(7)13)11(6-12(16)17)14-8(2)15/h3-5,11H,6H2,1-2H3,(H,14,15)(H,16,17). The molecule has 0 aliphatic rings. The van der Waals surface area contributed by atoms with E-state index in [4.69, 9.17) is 5.11 Å². The van der Waals surface area contributed by atoms with Gasteiger partial charge in [0.15, 0.2) is 0 Å². The number of aliphatic carboxylic acids is 1. The summed E-state index contributed by atoms with van der Waals surface area (Å²) < 4.78 is 13.4. The molecule has 4 nitrogen and oxygen atoms in total. The fraction of sp³-hybridized carbons (Fsp3) is 0.333. The molecule has 1 atom stereocenters. The van der Waals surface area contributed by atoms with Crippen LogP contribution in [0, 0.1) is 12.7 Å². The second-order valence-electron chi connectivity index (χ2n) is 3.86. The summed E-state index contributed by atoms with van der Waals surface area (Å²) in [5.41, 5.74) is 0.927. The largest absolute Gasteiger partial charge is 0.481 e. The fourth-order valence-corrected chi connectivity index (χ4v) is 1.50. The second-order valence-corrected chi connectivity index (χ2v) is 3.86. The molecule has 1 unspecified atom stereocenters. The van der Waals surface area contributed by atoms with Gasteiger partial charge < -0.3 is 10.4 Å². The molecule has 5 heteroatoms. The highest BCUT2D eigenvalue weighted by atomic mass is 19.1. The van der Waals surface area contributed by atoms with Crippen molar-refractivity contribution in [3.63, 3.8) is 0 Å². The summed E-state index contributed by atoms with van der Waals surface area (Å²) >= 11 is 0. The van der Waals surface area contributed by atoms with E-state index < -0.39 is 17.8 Å². The molecule has 0 fully saturated rings. The van der Waals surface area contributed by atoms with Crippen molar-refractivity contribution in [3.05, 3.63) is 35.1 Å². The van der Waals surface area contributed by atoms with E-state index in [1.807, 2.05) is 0 Å². The first-order valence-corrected chi connectivity index (χ1v) is 5.15. The van der Waals surface area contributed by atoms with Gasteiger partial charge in [-0.1, -0.05) is 12.1 Å². The first-order valence-electron chi connectivity index (χ1n) is 5.15. The predicted molar refractivity (Wildman–Crippen MR) is 59.9 cm³/mol. The van der Waals surface area contributed by atoms with Gasteiger partial charge in [-0.25, -0.2) is 4.39 Å². The summed E-state index contributed by atoms with van der Waals surface area (Å²) in [6, 6.07) is 3.71. The number of carbonyl (C=O) groups excluding carboxylic acids is 1. The molecular formula is C12H14FNO3. The lowest BCUT2D eigenvalue weighted by atomic mass is 10.0. The van der Waals surface area contributed by atoms with E-state index in [1.54, 1.807) is 19.1 Å². The van der Waals surface area contributed by atoms with E-state index in [0.29, 0.717) is 11.1 Å². The maximum absolute atomic E-state index is 13.4. The molecule has 0 bridgehead atoms. The van der Waals surface area contributed by atoms with Crippen LogP contribution in [0.5, 0.6) is 0 Å². The maximum Gasteiger partial charge on any atom is 0.305 e. The van der Waals surface area contributed by atoms with Crippen molar-refractivity contribution in [1.29, 1.82) is 0 Å². The van der Waals surface area contributed by atoms with E-state index in [1.165, 1.54) is 13.0 Å². The molecule has 0 aromatic heterocycles. The third kappa shape index (κ3) is 3.86. The Morgan fingerprint density at radius 2 is 2.12 bits per heavy atom. The molecule has 1 rings (SSSR count). The minimum Gasteiger partial charge on any atom is -0.481 e. The molecule has 17 heavy (non-hydrogen) atoms. The molecule has 0 heterocycles. The normalized spacial score (nSPS) is 11.9. The Balaban J connectivity index is 2.98. The Morgan fingerprint density at radius 1 is 1.47 bits per heavy atom. The lowest BCUT2D eigenvalue weighted by Gasteiger charge is -2.16. The van der Waals surface area contributed by atoms with Crippen LogP contribution in [0.2, 0.25) is 0 Å². The van der Waals surface area contributed by atoms with Crippen molar-refractivity contribution in [3.8, 4) is 0 Å². The molecule has 2 N–H and O–H groups in total. The number of halogens is 1. The highest BCUT2D eigenvalue weighted by Gasteiger charge is 2.17. The zero-order chi connectivity index (χ0) is 13.0. The Hall–Kier alpha value is -1.91. The fourth-order valence-electron chi connectivity index (χ4n) is 1.50. The number of benzene rings is 1. The lowest BCUT2D eigenvalue weighted by molar-refractivity contribution is -0.137. The SMILES string of the molecule is CC(=O)NC(CC(=O)O)c1ccc(C)c(F)c1. The van der Waals surface area contributed by atoms with Gasteiger partial charge in [-0.05, 0) is 24.1 Å². The molecule has 0 spiro atoms. The number of carboxylic acid groups (broad SMARTS) is 1. The number of carboxylic acids is 1. The second kappa shape index (κ2) is 5.43. The molecule has 0 saturated carbocycles. The first-order chi connectivity index (χ1) is 7.90. The Kier molecular flexibility index (Phi) is 4.20. The average molecular weight is 239 g/mol. The number of hydrogen-bond donors (Lipinski definition) is 2. The first kappa shape index (κ1) is 13.2. The number of rotatable bonds is 4. The number of carbonyl (C=O) groups is 2. The molecule has 0 saturated heterocycles. The van der Waals surface area contributed by atoms with Crippen LogP contribution in [0.1, 0.15) is 30.5 Å². The van der Waals surface area contributed by atoms with Crippen molar-refractivity contribution in [2.24, 2.45) is 0 Å². The van der Waals surface area contributed by atoms with Crippen molar-refractivity contribution in [2.45, 2.75) is 26.3 Å². The van der Waals surface area contributed by atoms with Gasteiger partial charge in [0.1, 0.15) is 5.82 Å². The van der Waals surface area contributed by atoms with Crippen LogP contribution in [0.25, 0.3) is 0 Å². The molecule has 1 amide bonds. The predicted octanol–water partition coefficient (Wildman–Crippen LogP) is 1.79. The summed E-state index contributed by atoms with van der Waals surface area (Å²) in [7, 11) is 0. The van der Waals surface area contributed by atoms with Crippen LogP contribution in [0.3, 0.4) is 0 Å². The van der Waals surface area contributed by atoms with Crippen LogP contribution >= 0.6 is 0 Å². The summed E-state index contributed by atoms with van der Waals surface area (Å²) in [5.74, 6) is -1.81. The molecule has 1 aromatic rings. The van der Waals surface area contributed by atoms with Crippen LogP contribution in [0.4, 0.5) is 4.39 Å². The van der Waals surface area contributed by atoms with Gasteiger partial charge in [0.25, 0.3) is 0 Å². The number of aryl methyl sites for hydroxylation is 1. The minimum absolute atomic E-state index is 0.276. The zero-order valence-corrected chi connectivity index (χ0v) is 9.66. The van der Waals surface area contributed by atoms with Gasteiger partial charge in [0.05, 0.1) is 12.5 Å². The van der Waals surface area contributed by atoms with Crippen molar-refractivity contribution >= 4 is 11.9 Å². The highest BCUT2D eigenvalue weighted by Crippen LogP contribution is 2.19. The van der Waals surface area contributed by atoms with E-state index in [2.05, 4.69) is 5.32 Å². The van der Waals surface area contributed by atoms with Gasteiger partial charge >= 0.3 is 5.97 Å². The van der Waals surface area contributed by atoms with E-state index in [0.717, 1.165) is 0 Å². The molecule has 0 aliphatic heterocycles. The summed E-state index contributed by atoms with van der Waals surface area (Å²) in [6.45, 7) is 2.91. The van der Waals surface area contributed by atoms with Crippen LogP contribution in [-0.2, 0) is 9.59 Å². The van der Waals surface area contributed by atoms with Crippen LogP contribution in [-0.4, -0.2) is 17.0 Å². The van der Waals surface area contributed by atoms with Gasteiger partial charge in [-0.15, -0.1) is 0 Å². The van der Waals surface area contributed by atoms with Gasteiger partial charge in [0.2, 0.25) is 5.91 Å². The van der Waals surface area contributed by atoms with Crippen molar-refractivity contribution in [1.82, 2.24) is 5.32 Å². The Morgan fingerprint density at radius 3 is 2.59 bits per heavy atom. The van der Waals surface area contributed by atoms with E-state index in [-0.39, 0.29) is 12.3 Å². The molecule has 1 aromatic carbocycles. The third-order valence-electron chi connectivity index (χ3n) is 2.35. The Bertz CT molecular complexity index is 429. The van der Waals surface area contributed by atoms with Gasteiger partial charge in [0, 0.05) is 6.92 Å². The van der Waals surface area contributed by atoms with Crippen molar-refractivity contribution in [2.75, 3.05) is 0 Å². The van der Waals surface area contributed by atoms with Crippen LogP contribution in [0.15, 0.2) is 18.2 Å². The van der Waals surface area contributed by atoms with Gasteiger partial charge in [-0.3, -0.25) is 9.59 Å². The number of amides is 1. The summed E-state index contributed by atoms with van der Waals surface area (Å²) in [5, 5.41) is 11.2. The van der Waals surface area contributed by atoms with E-state index in [9.17, 15) is 14.0 Å². The highest BCUT2D eigenvalue weighted by molar-refractivity contribution is 5.75. The van der Waals surface area contributed by atoms with E-state index >= 15 is 0 Å². The van der Waals surface area contributed by atoms with Crippen LogP contribution < -0.4 is 5.32 Å². The molecule has 0 radical (unpaired) electrons. The van der Waals surface area contributed by atoms with Crippen molar-refractivity contribution < 1.29 is 19.1 Å². The topological polar surface area (TPSA) is 66.4 Å². The Labute approximate surface area is 98.5 Å². The number of nitrogens with one attached hydrogen (secondary N) is 1. The zero-order valence-electron chi connectivity index (χ0n) is 9.66. The molecular weight excluding hydrogens is 225 g/mol. The van der Waals surface area contributed by atoms with Gasteiger partial charge in [-0.2, -0.15) is 0 Å².